The lowest BCUT2D eigenvalue weighted by Crippen LogP contribution is -2.42. The number of nitrogens with two attached hydrogens (primary N) is 1. The molecule has 1 aliphatic heterocycles. The molecule has 0 radical (unpaired) electrons. The number of carboxylic acid groups (broad SMARTS) is 1. The highest BCUT2D eigenvalue weighted by atomic mass is 19.4. The summed E-state index contributed by atoms with van der Waals surface area (Å²) in [6.45, 7) is -0.921. The van der Waals surface area contributed by atoms with Crippen molar-refractivity contribution in [2.45, 2.75) is 38.1 Å². The fourth-order valence-electron chi connectivity index (χ4n) is 3.40. The van der Waals surface area contributed by atoms with Crippen molar-refractivity contribution in [2.75, 3.05) is 6.54 Å². The molecular formula is C18H16F6N4O3. The van der Waals surface area contributed by atoms with Crippen LogP contribution in [0.4, 0.5) is 26.3 Å². The highest BCUT2D eigenvalue weighted by Gasteiger charge is 2.41. The quantitative estimate of drug-likeness (QED) is 0.538. The maximum atomic E-state index is 13.8. The molecule has 1 aliphatic rings. The third-order valence-electron chi connectivity index (χ3n) is 4.82. The number of nitrogens with zero attached hydrogens (tertiary/aromatic N) is 3. The highest BCUT2D eigenvalue weighted by molar-refractivity contribution is 5.87. The minimum atomic E-state index is -4.87. The molecule has 1 aromatic heterocycles. The molecule has 0 saturated carbocycles. The summed E-state index contributed by atoms with van der Waals surface area (Å²) < 4.78 is 80.1. The molecule has 0 spiro atoms. The molecule has 2 aromatic rings. The lowest BCUT2D eigenvalue weighted by Gasteiger charge is -2.30. The van der Waals surface area contributed by atoms with Crippen LogP contribution in [0.1, 0.15) is 34.0 Å². The van der Waals surface area contributed by atoms with E-state index in [9.17, 15) is 35.9 Å². The highest BCUT2D eigenvalue weighted by Crippen LogP contribution is 2.32. The van der Waals surface area contributed by atoms with Crippen LogP contribution in [0.25, 0.3) is 0 Å². The van der Waals surface area contributed by atoms with Gasteiger partial charge in [-0.25, -0.2) is 22.9 Å². The Morgan fingerprint density at radius 1 is 1.13 bits per heavy atom. The third kappa shape index (κ3) is 4.65. The predicted octanol–water partition coefficient (Wildman–Crippen LogP) is 2.32. The molecule has 168 valence electrons. The third-order valence-corrected chi connectivity index (χ3v) is 4.82. The first kappa shape index (κ1) is 22.6. The van der Waals surface area contributed by atoms with E-state index in [2.05, 4.69) is 4.98 Å². The van der Waals surface area contributed by atoms with E-state index in [-0.39, 0.29) is 37.2 Å². The molecule has 3 N–H and O–H groups in total. The Bertz CT molecular complexity index is 1040. The molecule has 7 nitrogen and oxygen atoms in total. The van der Waals surface area contributed by atoms with E-state index in [1.54, 1.807) is 0 Å². The van der Waals surface area contributed by atoms with Crippen molar-refractivity contribution in [3.63, 3.8) is 0 Å². The van der Waals surface area contributed by atoms with E-state index in [1.165, 1.54) is 0 Å². The Hall–Kier alpha value is -3.09. The maximum absolute atomic E-state index is 13.8. The second-order valence-corrected chi connectivity index (χ2v) is 7.03. The fourth-order valence-corrected chi connectivity index (χ4v) is 3.40. The van der Waals surface area contributed by atoms with E-state index in [0.29, 0.717) is 16.7 Å². The number of carbonyl (C=O) groups is 2. The summed E-state index contributed by atoms with van der Waals surface area (Å²) in [6, 6.07) is -0.00786. The summed E-state index contributed by atoms with van der Waals surface area (Å²) >= 11 is 0. The second kappa shape index (κ2) is 8.21. The Morgan fingerprint density at radius 2 is 1.77 bits per heavy atom. The molecule has 1 amide bonds. The van der Waals surface area contributed by atoms with Crippen LogP contribution in [0.2, 0.25) is 0 Å². The lowest BCUT2D eigenvalue weighted by molar-refractivity contribution is -0.148. The van der Waals surface area contributed by atoms with Crippen molar-refractivity contribution in [1.82, 2.24) is 14.5 Å². The first-order valence-corrected chi connectivity index (χ1v) is 8.95. The zero-order valence-corrected chi connectivity index (χ0v) is 15.7. The van der Waals surface area contributed by atoms with Crippen LogP contribution >= 0.6 is 0 Å². The number of hydrogen-bond acceptors (Lipinski definition) is 4. The van der Waals surface area contributed by atoms with Crippen molar-refractivity contribution in [1.29, 1.82) is 0 Å². The van der Waals surface area contributed by atoms with Crippen molar-refractivity contribution in [2.24, 2.45) is 5.73 Å². The van der Waals surface area contributed by atoms with E-state index in [4.69, 9.17) is 10.8 Å². The SMILES string of the molecule is NC(CC(=O)N1CCn2c(C(F)(F)F)nc(C(=O)O)c2C1)Cc1cc(F)c(F)cc1F. The van der Waals surface area contributed by atoms with E-state index < -0.39 is 59.6 Å². The number of benzene rings is 1. The van der Waals surface area contributed by atoms with E-state index >= 15 is 0 Å². The summed E-state index contributed by atoms with van der Waals surface area (Å²) in [6.07, 6.45) is -5.54. The molecule has 0 saturated heterocycles. The van der Waals surface area contributed by atoms with Crippen LogP contribution in [-0.4, -0.2) is 44.0 Å². The average Bonchev–Trinajstić information content (AvgIpc) is 3.05. The van der Waals surface area contributed by atoms with Crippen LogP contribution in [0, 0.1) is 17.5 Å². The molecule has 31 heavy (non-hydrogen) atoms. The van der Waals surface area contributed by atoms with Gasteiger partial charge in [-0.15, -0.1) is 0 Å². The summed E-state index contributed by atoms with van der Waals surface area (Å²) in [5, 5.41) is 9.16. The van der Waals surface area contributed by atoms with Crippen LogP contribution in [0.15, 0.2) is 12.1 Å². The van der Waals surface area contributed by atoms with Gasteiger partial charge in [0.05, 0.1) is 12.2 Å². The lowest BCUT2D eigenvalue weighted by atomic mass is 10.0. The van der Waals surface area contributed by atoms with Crippen molar-refractivity contribution >= 4 is 11.9 Å². The monoisotopic (exact) mass is 450 g/mol. The molecule has 0 bridgehead atoms. The Balaban J connectivity index is 1.73. The zero-order chi connectivity index (χ0) is 23.1. The van der Waals surface area contributed by atoms with Crippen LogP contribution in [0.5, 0.6) is 0 Å². The number of aromatic carboxylic acids is 1. The molecular weight excluding hydrogens is 434 g/mol. The summed E-state index contributed by atoms with van der Waals surface area (Å²) in [5.74, 6) is -7.33. The fraction of sp³-hybridized carbons (Fsp3) is 0.389. The molecule has 2 heterocycles. The van der Waals surface area contributed by atoms with Gasteiger partial charge in [-0.05, 0) is 18.1 Å². The van der Waals surface area contributed by atoms with Crippen molar-refractivity contribution < 1.29 is 41.0 Å². The predicted molar refractivity (Wildman–Crippen MR) is 92.2 cm³/mol. The van der Waals surface area contributed by atoms with Gasteiger partial charge in [0, 0.05) is 31.6 Å². The number of imidazole rings is 1. The van der Waals surface area contributed by atoms with Crippen molar-refractivity contribution in [3.8, 4) is 0 Å². The standard InChI is InChI=1S/C18H16F6N4O3/c19-10-6-12(21)11(20)4-8(10)3-9(25)5-14(29)27-1-2-28-13(7-27)15(16(30)31)26-17(28)18(22,23)24/h4,6,9H,1-3,5,7,25H2,(H,30,31). The first-order chi connectivity index (χ1) is 14.4. The normalized spacial score (nSPS) is 15.0. The van der Waals surface area contributed by atoms with Gasteiger partial charge in [0.25, 0.3) is 0 Å². The maximum Gasteiger partial charge on any atom is 0.449 e. The van der Waals surface area contributed by atoms with Gasteiger partial charge in [0.15, 0.2) is 17.3 Å². The molecule has 1 atom stereocenters. The molecule has 0 aliphatic carbocycles. The average molecular weight is 450 g/mol. The van der Waals surface area contributed by atoms with E-state index in [1.807, 2.05) is 0 Å². The Labute approximate surface area is 171 Å². The van der Waals surface area contributed by atoms with Crippen LogP contribution < -0.4 is 5.73 Å². The molecule has 3 rings (SSSR count). The van der Waals surface area contributed by atoms with Gasteiger partial charge < -0.3 is 20.3 Å². The Morgan fingerprint density at radius 3 is 2.39 bits per heavy atom. The summed E-state index contributed by atoms with van der Waals surface area (Å²) in [5.41, 5.74) is 4.49. The van der Waals surface area contributed by atoms with Crippen molar-refractivity contribution in [3.05, 3.63) is 52.4 Å². The van der Waals surface area contributed by atoms with Gasteiger partial charge in [-0.3, -0.25) is 4.79 Å². The van der Waals surface area contributed by atoms with Gasteiger partial charge in [-0.2, -0.15) is 13.2 Å². The molecule has 13 heteroatoms. The van der Waals surface area contributed by atoms with Crippen LogP contribution in [-0.2, 0) is 30.5 Å². The minimum absolute atomic E-state index is 0.156. The van der Waals surface area contributed by atoms with Gasteiger partial charge in [-0.1, -0.05) is 0 Å². The van der Waals surface area contributed by atoms with Gasteiger partial charge in [0.1, 0.15) is 5.82 Å². The van der Waals surface area contributed by atoms with Crippen LogP contribution in [0.3, 0.4) is 0 Å². The van der Waals surface area contributed by atoms with E-state index in [0.717, 1.165) is 4.90 Å². The number of amides is 1. The second-order valence-electron chi connectivity index (χ2n) is 7.03. The topological polar surface area (TPSA) is 101 Å². The molecule has 1 unspecified atom stereocenters. The zero-order valence-electron chi connectivity index (χ0n) is 15.7. The number of rotatable bonds is 5. The largest absolute Gasteiger partial charge is 0.476 e. The molecule has 1 aromatic carbocycles. The first-order valence-electron chi connectivity index (χ1n) is 8.95. The number of halogens is 6. The minimum Gasteiger partial charge on any atom is -0.476 e. The number of aromatic nitrogens is 2. The number of fused-ring (bicyclic) bond motifs is 1. The number of carbonyl (C=O) groups excluding carboxylic acids is 1. The number of alkyl halides is 3. The van der Waals surface area contributed by atoms with Gasteiger partial charge >= 0.3 is 12.1 Å². The smallest absolute Gasteiger partial charge is 0.449 e. The summed E-state index contributed by atoms with van der Waals surface area (Å²) in [4.78, 5) is 28.1. The number of hydrogen-bond donors (Lipinski definition) is 2. The van der Waals surface area contributed by atoms with Gasteiger partial charge in [0.2, 0.25) is 11.7 Å². The Kier molecular flexibility index (Phi) is 5.98. The molecule has 0 fully saturated rings. The summed E-state index contributed by atoms with van der Waals surface area (Å²) in [7, 11) is 0. The number of carboxylic acids is 1.